The van der Waals surface area contributed by atoms with Gasteiger partial charge >= 0.3 is 6.18 Å². The summed E-state index contributed by atoms with van der Waals surface area (Å²) in [6.45, 7) is 4.43. The Kier molecular flexibility index (Phi) is 6.88. The summed E-state index contributed by atoms with van der Waals surface area (Å²) in [5, 5.41) is 2.64. The lowest BCUT2D eigenvalue weighted by atomic mass is 10.1. The number of hydrogen-bond donors (Lipinski definition) is 1. The highest BCUT2D eigenvalue weighted by atomic mass is 19.4. The number of nitrogens with one attached hydrogen (secondary N) is 1. The topological polar surface area (TPSA) is 83.5 Å². The smallest absolute Gasteiger partial charge is 0.378 e. The van der Waals surface area contributed by atoms with Crippen molar-refractivity contribution in [3.8, 4) is 11.3 Å². The number of aromatic nitrogens is 3. The molecule has 0 aliphatic carbocycles. The molecule has 184 valence electrons. The Morgan fingerprint density at radius 2 is 1.86 bits per heavy atom. The van der Waals surface area contributed by atoms with E-state index >= 15 is 0 Å². The first-order valence-electron chi connectivity index (χ1n) is 11.0. The Labute approximate surface area is 200 Å². The fourth-order valence-corrected chi connectivity index (χ4v) is 3.62. The minimum Gasteiger partial charge on any atom is -0.378 e. The first-order valence-corrected chi connectivity index (χ1v) is 11.0. The Morgan fingerprint density at radius 1 is 1.11 bits per heavy atom. The Hall–Kier alpha value is -3.73. The largest absolute Gasteiger partial charge is 0.416 e. The molecule has 1 aliphatic rings. The van der Waals surface area contributed by atoms with Crippen LogP contribution in [0.3, 0.4) is 0 Å². The van der Waals surface area contributed by atoms with Crippen molar-refractivity contribution in [3.05, 3.63) is 59.4 Å². The summed E-state index contributed by atoms with van der Waals surface area (Å²) in [7, 11) is 3.69. The molecule has 0 spiro atoms. The first kappa shape index (κ1) is 24.4. The number of carbonyl (C=O) groups is 1. The molecule has 0 atom stereocenters. The third-order valence-corrected chi connectivity index (χ3v) is 5.51. The van der Waals surface area contributed by atoms with Gasteiger partial charge in [0.1, 0.15) is 5.82 Å². The average Bonchev–Trinajstić information content (AvgIpc) is 2.85. The Morgan fingerprint density at radius 3 is 2.54 bits per heavy atom. The number of morpholine rings is 1. The van der Waals surface area contributed by atoms with Gasteiger partial charge in [-0.2, -0.15) is 18.2 Å². The summed E-state index contributed by atoms with van der Waals surface area (Å²) < 4.78 is 44.5. The van der Waals surface area contributed by atoms with Crippen LogP contribution in [0.5, 0.6) is 0 Å². The molecular weight excluding hydrogens is 461 g/mol. The highest BCUT2D eigenvalue weighted by molar-refractivity contribution is 6.04. The maximum Gasteiger partial charge on any atom is 0.416 e. The van der Waals surface area contributed by atoms with Crippen molar-refractivity contribution in [2.45, 2.75) is 13.1 Å². The van der Waals surface area contributed by atoms with E-state index < -0.39 is 17.6 Å². The molecule has 3 aromatic rings. The lowest BCUT2D eigenvalue weighted by molar-refractivity contribution is -0.137. The average molecular weight is 486 g/mol. The molecule has 0 unspecified atom stereocenters. The Balaban J connectivity index is 1.66. The van der Waals surface area contributed by atoms with Gasteiger partial charge in [-0.15, -0.1) is 0 Å². The maximum atomic E-state index is 13.0. The molecule has 1 amide bonds. The lowest BCUT2D eigenvalue weighted by Crippen LogP contribution is -2.37. The summed E-state index contributed by atoms with van der Waals surface area (Å²) >= 11 is 0. The van der Waals surface area contributed by atoms with Crippen LogP contribution < -0.4 is 15.1 Å². The predicted octanol–water partition coefficient (Wildman–Crippen LogP) is 4.02. The highest BCUT2D eigenvalue weighted by Gasteiger charge is 2.31. The lowest BCUT2D eigenvalue weighted by Gasteiger charge is -2.28. The monoisotopic (exact) mass is 486 g/mol. The SMILES string of the molecule is Cc1ncc(NC(=O)c2cccc(C(F)(F)F)c2)cc1-c1cc(N2CCOCC2)nc(N(C)C)n1. The highest BCUT2D eigenvalue weighted by Crippen LogP contribution is 2.31. The maximum absolute atomic E-state index is 13.0. The molecule has 11 heteroatoms. The molecule has 0 radical (unpaired) electrons. The van der Waals surface area contributed by atoms with Gasteiger partial charge in [-0.05, 0) is 31.2 Å². The van der Waals surface area contributed by atoms with E-state index in [1.165, 1.54) is 18.3 Å². The van der Waals surface area contributed by atoms with Crippen LogP contribution in [0.2, 0.25) is 0 Å². The number of alkyl halides is 3. The number of ether oxygens (including phenoxy) is 1. The molecule has 2 aromatic heterocycles. The number of rotatable bonds is 5. The summed E-state index contributed by atoms with van der Waals surface area (Å²) in [6, 6.07) is 7.84. The fourth-order valence-electron chi connectivity index (χ4n) is 3.62. The van der Waals surface area contributed by atoms with E-state index in [1.54, 1.807) is 11.0 Å². The fraction of sp³-hybridized carbons (Fsp3) is 0.333. The van der Waals surface area contributed by atoms with Crippen LogP contribution in [0.1, 0.15) is 21.6 Å². The summed E-state index contributed by atoms with van der Waals surface area (Å²) in [5.74, 6) is 0.597. The molecule has 4 rings (SSSR count). The van der Waals surface area contributed by atoms with Gasteiger partial charge < -0.3 is 19.9 Å². The number of nitrogens with zero attached hydrogens (tertiary/aromatic N) is 5. The standard InChI is InChI=1S/C24H25F3N6O2/c1-15-19(20-13-21(31-23(30-20)32(2)3)33-7-9-35-10-8-33)12-18(14-28-15)29-22(34)16-5-4-6-17(11-16)24(25,26)27/h4-6,11-14H,7-10H2,1-3H3,(H,29,34). The van der Waals surface area contributed by atoms with E-state index in [0.29, 0.717) is 54.9 Å². The van der Waals surface area contributed by atoms with Crippen molar-refractivity contribution >= 4 is 23.4 Å². The van der Waals surface area contributed by atoms with E-state index in [9.17, 15) is 18.0 Å². The minimum absolute atomic E-state index is 0.103. The van der Waals surface area contributed by atoms with Crippen molar-refractivity contribution in [1.29, 1.82) is 0 Å². The third-order valence-electron chi connectivity index (χ3n) is 5.51. The van der Waals surface area contributed by atoms with Crippen LogP contribution in [0, 0.1) is 6.92 Å². The van der Waals surface area contributed by atoms with Gasteiger partial charge in [0.2, 0.25) is 5.95 Å². The van der Waals surface area contributed by atoms with E-state index in [4.69, 9.17) is 4.74 Å². The molecule has 3 heterocycles. The second-order valence-electron chi connectivity index (χ2n) is 8.29. The molecule has 1 fully saturated rings. The van der Waals surface area contributed by atoms with Gasteiger partial charge in [-0.3, -0.25) is 9.78 Å². The van der Waals surface area contributed by atoms with Crippen LogP contribution in [-0.2, 0) is 10.9 Å². The number of aryl methyl sites for hydroxylation is 1. The van der Waals surface area contributed by atoms with Crippen LogP contribution in [0.15, 0.2) is 42.6 Å². The first-order chi connectivity index (χ1) is 16.6. The zero-order chi connectivity index (χ0) is 25.2. The number of hydrogen-bond acceptors (Lipinski definition) is 7. The molecule has 1 aromatic carbocycles. The normalized spacial score (nSPS) is 14.1. The zero-order valence-electron chi connectivity index (χ0n) is 19.6. The van der Waals surface area contributed by atoms with Gasteiger partial charge in [-0.1, -0.05) is 6.07 Å². The van der Waals surface area contributed by atoms with Gasteiger partial charge in [0, 0.05) is 50.1 Å². The van der Waals surface area contributed by atoms with Crippen LogP contribution >= 0.6 is 0 Å². The van der Waals surface area contributed by atoms with E-state index in [1.807, 2.05) is 27.1 Å². The number of carbonyl (C=O) groups excluding carboxylic acids is 1. The molecule has 35 heavy (non-hydrogen) atoms. The number of anilines is 3. The molecule has 0 bridgehead atoms. The summed E-state index contributed by atoms with van der Waals surface area (Å²) in [4.78, 5) is 30.3. The van der Waals surface area contributed by atoms with Crippen molar-refractivity contribution < 1.29 is 22.7 Å². The molecule has 0 saturated carbocycles. The van der Waals surface area contributed by atoms with Crippen LogP contribution in [0.25, 0.3) is 11.3 Å². The zero-order valence-corrected chi connectivity index (χ0v) is 19.6. The predicted molar refractivity (Wildman–Crippen MR) is 127 cm³/mol. The van der Waals surface area contributed by atoms with Gasteiger partial charge in [0.25, 0.3) is 5.91 Å². The third kappa shape index (κ3) is 5.68. The van der Waals surface area contributed by atoms with Gasteiger partial charge in [0.15, 0.2) is 0 Å². The quantitative estimate of drug-likeness (QED) is 0.583. The molecule has 1 N–H and O–H groups in total. The number of amides is 1. The van der Waals surface area contributed by atoms with E-state index in [-0.39, 0.29) is 5.56 Å². The second-order valence-corrected chi connectivity index (χ2v) is 8.29. The van der Waals surface area contributed by atoms with Crippen molar-refractivity contribution in [2.24, 2.45) is 0 Å². The molecule has 1 saturated heterocycles. The van der Waals surface area contributed by atoms with E-state index in [0.717, 1.165) is 18.0 Å². The van der Waals surface area contributed by atoms with Crippen molar-refractivity contribution in [2.75, 3.05) is 55.5 Å². The van der Waals surface area contributed by atoms with E-state index in [2.05, 4.69) is 25.2 Å². The molecular formula is C24H25F3N6O2. The number of pyridine rings is 1. The van der Waals surface area contributed by atoms with Gasteiger partial charge in [-0.25, -0.2) is 4.98 Å². The summed E-state index contributed by atoms with van der Waals surface area (Å²) in [6.07, 6.45) is -3.08. The molecule has 8 nitrogen and oxygen atoms in total. The number of benzene rings is 1. The second kappa shape index (κ2) is 9.87. The van der Waals surface area contributed by atoms with Crippen LogP contribution in [-0.4, -0.2) is 61.3 Å². The number of halogens is 3. The minimum atomic E-state index is -4.54. The van der Waals surface area contributed by atoms with Crippen LogP contribution in [0.4, 0.5) is 30.6 Å². The van der Waals surface area contributed by atoms with Crippen molar-refractivity contribution in [1.82, 2.24) is 15.0 Å². The van der Waals surface area contributed by atoms with Crippen molar-refractivity contribution in [3.63, 3.8) is 0 Å². The summed E-state index contributed by atoms with van der Waals surface area (Å²) in [5.41, 5.74) is 1.32. The molecule has 1 aliphatic heterocycles. The van der Waals surface area contributed by atoms with Gasteiger partial charge in [0.05, 0.1) is 36.4 Å². The Bertz CT molecular complexity index is 1230.